The number of carbonyl (C=O) groups is 3. The Morgan fingerprint density at radius 1 is 1.14 bits per heavy atom. The zero-order chi connectivity index (χ0) is 19.5. The first-order valence-electron chi connectivity index (χ1n) is 9.96. The second-order valence-corrected chi connectivity index (χ2v) is 7.48. The number of hydrogen-bond acceptors (Lipinski definition) is 6. The Kier molecular flexibility index (Phi) is 5.59. The molecule has 1 unspecified atom stereocenters. The summed E-state index contributed by atoms with van der Waals surface area (Å²) in [4.78, 5) is 37.9. The molecule has 1 aromatic carbocycles. The molecule has 0 bridgehead atoms. The minimum atomic E-state index is -0.589. The molecule has 3 heterocycles. The lowest BCUT2D eigenvalue weighted by Gasteiger charge is -2.29. The highest BCUT2D eigenvalue weighted by Gasteiger charge is 2.39. The fraction of sp³-hybridized carbons (Fsp3) is 0.550. The highest BCUT2D eigenvalue weighted by atomic mass is 16.5. The molecule has 3 aliphatic rings. The average Bonchev–Trinajstić information content (AvgIpc) is 3.03. The van der Waals surface area contributed by atoms with Crippen molar-refractivity contribution in [3.8, 4) is 0 Å². The van der Waals surface area contributed by atoms with Gasteiger partial charge in [0.25, 0.3) is 5.91 Å². The van der Waals surface area contributed by atoms with Crippen molar-refractivity contribution in [2.75, 3.05) is 31.6 Å². The van der Waals surface area contributed by atoms with Crippen LogP contribution < -0.4 is 16.0 Å². The summed E-state index contributed by atoms with van der Waals surface area (Å²) in [5, 5.41) is 9.03. The molecule has 0 spiro atoms. The van der Waals surface area contributed by atoms with E-state index < -0.39 is 6.04 Å². The zero-order valence-electron chi connectivity index (χ0n) is 15.8. The van der Waals surface area contributed by atoms with Crippen molar-refractivity contribution in [3.63, 3.8) is 0 Å². The Hall–Kier alpha value is -2.45. The molecular formula is C20H26N4O4. The van der Waals surface area contributed by atoms with E-state index in [1.807, 2.05) is 12.1 Å². The van der Waals surface area contributed by atoms with Crippen LogP contribution >= 0.6 is 0 Å². The van der Waals surface area contributed by atoms with Crippen LogP contribution in [-0.4, -0.2) is 61.0 Å². The molecule has 2 fully saturated rings. The van der Waals surface area contributed by atoms with Crippen LogP contribution in [-0.2, 0) is 20.9 Å². The number of benzene rings is 1. The molecule has 28 heavy (non-hydrogen) atoms. The number of hydrogen-bond donors (Lipinski definition) is 3. The van der Waals surface area contributed by atoms with Gasteiger partial charge in [0.2, 0.25) is 11.8 Å². The molecule has 0 saturated carbocycles. The molecule has 8 nitrogen and oxygen atoms in total. The Morgan fingerprint density at radius 2 is 1.96 bits per heavy atom. The largest absolute Gasteiger partial charge is 0.382 e. The first kappa shape index (κ1) is 18.9. The standard InChI is InChI=1S/C20H26N4O4/c25-18-5-4-17(19(26)23-18)24-12-15-14(20(24)27)2-1-3-16(15)22-10-11-28-13-6-8-21-9-7-13/h1-3,13,17,21-22H,4-12H2,(H,23,25,26). The van der Waals surface area contributed by atoms with E-state index >= 15 is 0 Å². The van der Waals surface area contributed by atoms with Crippen LogP contribution in [0, 0.1) is 0 Å². The van der Waals surface area contributed by atoms with Crippen LogP contribution in [0.5, 0.6) is 0 Å². The summed E-state index contributed by atoms with van der Waals surface area (Å²) in [5.74, 6) is -0.817. The van der Waals surface area contributed by atoms with E-state index in [-0.39, 0.29) is 24.1 Å². The average molecular weight is 386 g/mol. The molecule has 3 aliphatic heterocycles. The normalized spacial score (nSPS) is 22.9. The third-order valence-electron chi connectivity index (χ3n) is 5.64. The molecule has 2 saturated heterocycles. The highest BCUT2D eigenvalue weighted by molar-refractivity contribution is 6.06. The van der Waals surface area contributed by atoms with E-state index in [0.717, 1.165) is 37.2 Å². The first-order chi connectivity index (χ1) is 13.6. The molecule has 3 N–H and O–H groups in total. The predicted octanol–water partition coefficient (Wildman–Crippen LogP) is 0.628. The summed E-state index contributed by atoms with van der Waals surface area (Å²) in [6.07, 6.45) is 3.02. The quantitative estimate of drug-likeness (QED) is 0.490. The number of anilines is 1. The van der Waals surface area contributed by atoms with Gasteiger partial charge in [-0.05, 0) is 44.5 Å². The maximum atomic E-state index is 12.8. The van der Waals surface area contributed by atoms with E-state index in [9.17, 15) is 14.4 Å². The predicted molar refractivity (Wildman–Crippen MR) is 103 cm³/mol. The number of ether oxygens (including phenoxy) is 1. The monoisotopic (exact) mass is 386 g/mol. The van der Waals surface area contributed by atoms with Gasteiger partial charge in [-0.1, -0.05) is 6.07 Å². The Bertz CT molecular complexity index is 775. The van der Waals surface area contributed by atoms with Gasteiger partial charge < -0.3 is 20.3 Å². The number of imide groups is 1. The highest BCUT2D eigenvalue weighted by Crippen LogP contribution is 2.32. The van der Waals surface area contributed by atoms with E-state index in [4.69, 9.17) is 4.74 Å². The summed E-state index contributed by atoms with van der Waals surface area (Å²) in [7, 11) is 0. The smallest absolute Gasteiger partial charge is 0.255 e. The Morgan fingerprint density at radius 3 is 2.75 bits per heavy atom. The number of amides is 3. The van der Waals surface area contributed by atoms with Gasteiger partial charge in [0.15, 0.2) is 0 Å². The number of carbonyl (C=O) groups excluding carboxylic acids is 3. The molecular weight excluding hydrogens is 360 g/mol. The lowest BCUT2D eigenvalue weighted by Crippen LogP contribution is -2.52. The second kappa shape index (κ2) is 8.28. The first-order valence-corrected chi connectivity index (χ1v) is 9.96. The molecule has 1 atom stereocenters. The van der Waals surface area contributed by atoms with Crippen molar-refractivity contribution in [3.05, 3.63) is 29.3 Å². The number of fused-ring (bicyclic) bond motifs is 1. The Balaban J connectivity index is 1.37. The molecule has 0 aliphatic carbocycles. The summed E-state index contributed by atoms with van der Waals surface area (Å²) in [6, 6.07) is 5.00. The van der Waals surface area contributed by atoms with Crippen molar-refractivity contribution >= 4 is 23.4 Å². The molecule has 0 radical (unpaired) electrons. The number of rotatable bonds is 6. The molecule has 8 heteroatoms. The van der Waals surface area contributed by atoms with Crippen molar-refractivity contribution in [1.82, 2.24) is 15.5 Å². The Labute approximate surface area is 164 Å². The van der Waals surface area contributed by atoms with Gasteiger partial charge in [0.05, 0.1) is 12.7 Å². The molecule has 1 aromatic rings. The molecule has 4 rings (SSSR count). The summed E-state index contributed by atoms with van der Waals surface area (Å²) in [5.41, 5.74) is 2.42. The fourth-order valence-electron chi connectivity index (χ4n) is 4.12. The van der Waals surface area contributed by atoms with E-state index in [1.54, 1.807) is 11.0 Å². The van der Waals surface area contributed by atoms with Crippen molar-refractivity contribution in [2.24, 2.45) is 0 Å². The number of piperidine rings is 2. The van der Waals surface area contributed by atoms with E-state index in [0.29, 0.717) is 37.8 Å². The summed E-state index contributed by atoms with van der Waals surface area (Å²) >= 11 is 0. The SMILES string of the molecule is O=C1CCC(N2Cc3c(NCCOC4CCNCC4)cccc3C2=O)C(=O)N1. The lowest BCUT2D eigenvalue weighted by atomic mass is 10.0. The molecule has 150 valence electrons. The van der Waals surface area contributed by atoms with Gasteiger partial charge in [0.1, 0.15) is 6.04 Å². The van der Waals surface area contributed by atoms with Crippen molar-refractivity contribution in [2.45, 2.75) is 44.4 Å². The van der Waals surface area contributed by atoms with Gasteiger partial charge in [-0.2, -0.15) is 0 Å². The molecule has 3 amide bonds. The van der Waals surface area contributed by atoms with Crippen molar-refractivity contribution < 1.29 is 19.1 Å². The second-order valence-electron chi connectivity index (χ2n) is 7.48. The van der Waals surface area contributed by atoms with Crippen LogP contribution in [0.3, 0.4) is 0 Å². The van der Waals surface area contributed by atoms with Crippen LogP contribution in [0.2, 0.25) is 0 Å². The number of nitrogens with zero attached hydrogens (tertiary/aromatic N) is 1. The number of nitrogens with one attached hydrogen (secondary N) is 3. The summed E-state index contributed by atoms with van der Waals surface area (Å²) in [6.45, 7) is 3.65. The zero-order valence-corrected chi connectivity index (χ0v) is 15.8. The fourth-order valence-corrected chi connectivity index (χ4v) is 4.12. The van der Waals surface area contributed by atoms with Gasteiger partial charge >= 0.3 is 0 Å². The third-order valence-corrected chi connectivity index (χ3v) is 5.64. The third kappa shape index (κ3) is 3.88. The van der Waals surface area contributed by atoms with Gasteiger partial charge in [-0.3, -0.25) is 19.7 Å². The van der Waals surface area contributed by atoms with Crippen LogP contribution in [0.1, 0.15) is 41.6 Å². The van der Waals surface area contributed by atoms with Gasteiger partial charge in [-0.25, -0.2) is 0 Å². The van der Waals surface area contributed by atoms with E-state index in [2.05, 4.69) is 16.0 Å². The van der Waals surface area contributed by atoms with Crippen molar-refractivity contribution in [1.29, 1.82) is 0 Å². The van der Waals surface area contributed by atoms with E-state index in [1.165, 1.54) is 0 Å². The maximum Gasteiger partial charge on any atom is 0.255 e. The summed E-state index contributed by atoms with van der Waals surface area (Å²) < 4.78 is 5.92. The van der Waals surface area contributed by atoms with Gasteiger partial charge in [-0.15, -0.1) is 0 Å². The maximum absolute atomic E-state index is 12.8. The minimum absolute atomic E-state index is 0.154. The van der Waals surface area contributed by atoms with Crippen LogP contribution in [0.4, 0.5) is 5.69 Å². The molecule has 0 aromatic heterocycles. The van der Waals surface area contributed by atoms with Crippen LogP contribution in [0.25, 0.3) is 0 Å². The topological polar surface area (TPSA) is 99.8 Å². The lowest BCUT2D eigenvalue weighted by molar-refractivity contribution is -0.136. The van der Waals surface area contributed by atoms with Crippen LogP contribution in [0.15, 0.2) is 18.2 Å². The minimum Gasteiger partial charge on any atom is -0.382 e. The van der Waals surface area contributed by atoms with Gasteiger partial charge in [0, 0.05) is 36.3 Å².